The predicted octanol–water partition coefficient (Wildman–Crippen LogP) is 3.85. The van der Waals surface area contributed by atoms with Gasteiger partial charge in [-0.05, 0) is 45.9 Å². The Kier molecular flexibility index (Phi) is 6.07. The van der Waals surface area contributed by atoms with Gasteiger partial charge in [0.15, 0.2) is 0 Å². The Bertz CT molecular complexity index is 1070. The molecule has 5 nitrogen and oxygen atoms in total. The number of nitrogens with one attached hydrogen (secondary N) is 1. The summed E-state index contributed by atoms with van der Waals surface area (Å²) in [6, 6.07) is 20.0. The second-order valence-electron chi connectivity index (χ2n) is 7.01. The van der Waals surface area contributed by atoms with Crippen LogP contribution in [-0.4, -0.2) is 29.3 Å². The van der Waals surface area contributed by atoms with Crippen molar-refractivity contribution in [2.75, 3.05) is 13.2 Å². The average molecular weight is 398 g/mol. The molecular weight excluding hydrogens is 376 g/mol. The number of aliphatic hydroxyl groups excluding tert-OH is 1. The number of hydrogen-bond acceptors (Lipinski definition) is 4. The van der Waals surface area contributed by atoms with Crippen molar-refractivity contribution in [1.82, 2.24) is 10.3 Å². The number of rotatable bonds is 5. The van der Waals surface area contributed by atoms with Crippen LogP contribution in [0.1, 0.15) is 34.7 Å². The highest BCUT2D eigenvalue weighted by molar-refractivity contribution is 5.79. The van der Waals surface area contributed by atoms with Gasteiger partial charge in [0.2, 0.25) is 0 Å². The van der Waals surface area contributed by atoms with Crippen LogP contribution in [0.15, 0.2) is 66.9 Å². The monoisotopic (exact) mass is 398 g/mol. The first kappa shape index (κ1) is 19.7. The van der Waals surface area contributed by atoms with E-state index in [0.29, 0.717) is 25.3 Å². The van der Waals surface area contributed by atoms with Gasteiger partial charge >= 0.3 is 6.09 Å². The number of benzene rings is 2. The minimum absolute atomic E-state index is 0.0411. The third-order valence-corrected chi connectivity index (χ3v) is 5.09. The smallest absolute Gasteiger partial charge is 0.407 e. The SMILES string of the molecule is O=C(NCCC#Cc1cc(CO)ccn1)OCC1c2ccccc2-c2ccccc21. The third-order valence-electron chi connectivity index (χ3n) is 5.09. The summed E-state index contributed by atoms with van der Waals surface area (Å²) in [5.41, 5.74) is 6.16. The molecule has 30 heavy (non-hydrogen) atoms. The van der Waals surface area contributed by atoms with Crippen molar-refractivity contribution in [2.45, 2.75) is 18.9 Å². The van der Waals surface area contributed by atoms with Crippen LogP contribution in [0, 0.1) is 11.8 Å². The number of nitrogens with zero attached hydrogens (tertiary/aromatic N) is 1. The van der Waals surface area contributed by atoms with Crippen molar-refractivity contribution in [3.8, 4) is 23.0 Å². The van der Waals surface area contributed by atoms with E-state index in [9.17, 15) is 4.79 Å². The Labute approximate surface area is 175 Å². The molecule has 0 spiro atoms. The van der Waals surface area contributed by atoms with Gasteiger partial charge in [0.25, 0.3) is 0 Å². The van der Waals surface area contributed by atoms with Crippen LogP contribution >= 0.6 is 0 Å². The highest BCUT2D eigenvalue weighted by atomic mass is 16.5. The highest BCUT2D eigenvalue weighted by Gasteiger charge is 2.28. The van der Waals surface area contributed by atoms with Gasteiger partial charge in [0.05, 0.1) is 6.61 Å². The third kappa shape index (κ3) is 4.35. The molecule has 3 aromatic rings. The van der Waals surface area contributed by atoms with Gasteiger partial charge in [0, 0.05) is 25.1 Å². The number of amides is 1. The standard InChI is InChI=1S/C25H22N2O3/c28-16-18-12-14-26-19(15-18)7-5-6-13-27-25(29)30-17-24-22-10-3-1-8-20(22)21-9-2-4-11-23(21)24/h1-4,8-12,14-15,24,28H,6,13,16-17H2,(H,27,29). The lowest BCUT2D eigenvalue weighted by Gasteiger charge is -2.14. The number of ether oxygens (including phenoxy) is 1. The Morgan fingerprint density at radius 2 is 1.77 bits per heavy atom. The first-order valence-corrected chi connectivity index (χ1v) is 9.90. The first-order valence-electron chi connectivity index (χ1n) is 9.90. The molecule has 150 valence electrons. The Hall–Kier alpha value is -3.62. The first-order chi connectivity index (χ1) is 14.8. The molecule has 0 unspecified atom stereocenters. The molecule has 0 fully saturated rings. The largest absolute Gasteiger partial charge is 0.449 e. The van der Waals surface area contributed by atoms with Crippen molar-refractivity contribution in [1.29, 1.82) is 0 Å². The van der Waals surface area contributed by atoms with Gasteiger partial charge in [-0.15, -0.1) is 0 Å². The number of hydrogen-bond donors (Lipinski definition) is 2. The van der Waals surface area contributed by atoms with Crippen LogP contribution in [-0.2, 0) is 11.3 Å². The van der Waals surface area contributed by atoms with E-state index in [1.54, 1.807) is 18.3 Å². The van der Waals surface area contributed by atoms with Crippen molar-refractivity contribution < 1.29 is 14.6 Å². The van der Waals surface area contributed by atoms with E-state index < -0.39 is 6.09 Å². The average Bonchev–Trinajstić information content (AvgIpc) is 3.11. The lowest BCUT2D eigenvalue weighted by atomic mass is 9.98. The Morgan fingerprint density at radius 1 is 1.07 bits per heavy atom. The van der Waals surface area contributed by atoms with Crippen LogP contribution in [0.25, 0.3) is 11.1 Å². The molecule has 4 rings (SSSR count). The van der Waals surface area contributed by atoms with E-state index in [1.165, 1.54) is 22.3 Å². The summed E-state index contributed by atoms with van der Waals surface area (Å²) >= 11 is 0. The summed E-state index contributed by atoms with van der Waals surface area (Å²) in [4.78, 5) is 16.3. The second-order valence-corrected chi connectivity index (χ2v) is 7.01. The molecule has 1 amide bonds. The number of aromatic nitrogens is 1. The zero-order valence-corrected chi connectivity index (χ0v) is 16.5. The van der Waals surface area contributed by atoms with E-state index in [0.717, 1.165) is 5.56 Å². The molecule has 0 atom stereocenters. The summed E-state index contributed by atoms with van der Waals surface area (Å²) in [7, 11) is 0. The molecule has 1 aliphatic carbocycles. The van der Waals surface area contributed by atoms with Gasteiger partial charge < -0.3 is 15.2 Å². The Balaban J connectivity index is 1.28. The topological polar surface area (TPSA) is 71.5 Å². The van der Waals surface area contributed by atoms with Crippen LogP contribution in [0.4, 0.5) is 4.79 Å². The summed E-state index contributed by atoms with van der Waals surface area (Å²) in [5.74, 6) is 5.94. The maximum Gasteiger partial charge on any atom is 0.407 e. The van der Waals surface area contributed by atoms with Crippen molar-refractivity contribution in [3.63, 3.8) is 0 Å². The van der Waals surface area contributed by atoms with E-state index >= 15 is 0 Å². The quantitative estimate of drug-likeness (QED) is 0.506. The number of carbonyl (C=O) groups is 1. The maximum absolute atomic E-state index is 12.1. The maximum atomic E-state index is 12.1. The molecule has 0 saturated carbocycles. The molecule has 2 aromatic carbocycles. The number of alkyl carbamates (subject to hydrolysis) is 1. The van der Waals surface area contributed by atoms with Crippen LogP contribution in [0.3, 0.4) is 0 Å². The number of fused-ring (bicyclic) bond motifs is 3. The fourth-order valence-electron chi connectivity index (χ4n) is 3.67. The van der Waals surface area contributed by atoms with E-state index in [4.69, 9.17) is 9.84 Å². The fourth-order valence-corrected chi connectivity index (χ4v) is 3.67. The number of pyridine rings is 1. The summed E-state index contributed by atoms with van der Waals surface area (Å²) in [5, 5.41) is 11.9. The molecule has 1 heterocycles. The zero-order chi connectivity index (χ0) is 20.8. The van der Waals surface area contributed by atoms with Crippen molar-refractivity contribution >= 4 is 6.09 Å². The van der Waals surface area contributed by atoms with Gasteiger partial charge in [-0.3, -0.25) is 0 Å². The van der Waals surface area contributed by atoms with Gasteiger partial charge in [0.1, 0.15) is 12.3 Å². The summed E-state index contributed by atoms with van der Waals surface area (Å²) in [6.07, 6.45) is 1.65. The Morgan fingerprint density at radius 3 is 2.47 bits per heavy atom. The van der Waals surface area contributed by atoms with E-state index in [-0.39, 0.29) is 12.5 Å². The second kappa shape index (κ2) is 9.25. The molecule has 0 radical (unpaired) electrons. The molecule has 2 N–H and O–H groups in total. The van der Waals surface area contributed by atoms with Gasteiger partial charge in [-0.25, -0.2) is 9.78 Å². The predicted molar refractivity (Wildman–Crippen MR) is 115 cm³/mol. The lowest BCUT2D eigenvalue weighted by molar-refractivity contribution is 0.143. The van der Waals surface area contributed by atoms with Crippen molar-refractivity contribution in [3.05, 3.63) is 89.2 Å². The number of aliphatic hydroxyl groups is 1. The minimum Gasteiger partial charge on any atom is -0.449 e. The fraction of sp³-hybridized carbons (Fsp3) is 0.200. The molecule has 5 heteroatoms. The lowest BCUT2D eigenvalue weighted by Crippen LogP contribution is -2.26. The van der Waals surface area contributed by atoms with E-state index in [1.807, 2.05) is 24.3 Å². The molecule has 0 bridgehead atoms. The normalized spacial score (nSPS) is 11.8. The summed E-state index contributed by atoms with van der Waals surface area (Å²) < 4.78 is 5.50. The molecule has 1 aliphatic rings. The van der Waals surface area contributed by atoms with Gasteiger partial charge in [-0.2, -0.15) is 0 Å². The van der Waals surface area contributed by atoms with Gasteiger partial charge in [-0.1, -0.05) is 54.5 Å². The highest BCUT2D eigenvalue weighted by Crippen LogP contribution is 2.44. The number of carbonyl (C=O) groups excluding carboxylic acids is 1. The summed E-state index contributed by atoms with van der Waals surface area (Å²) in [6.45, 7) is 0.646. The zero-order valence-electron chi connectivity index (χ0n) is 16.5. The van der Waals surface area contributed by atoms with Crippen LogP contribution in [0.2, 0.25) is 0 Å². The molecule has 0 aliphatic heterocycles. The van der Waals surface area contributed by atoms with E-state index in [2.05, 4.69) is 46.4 Å². The van der Waals surface area contributed by atoms with Crippen LogP contribution in [0.5, 0.6) is 0 Å². The van der Waals surface area contributed by atoms with Crippen LogP contribution < -0.4 is 5.32 Å². The molecule has 0 saturated heterocycles. The van der Waals surface area contributed by atoms with Crippen molar-refractivity contribution in [2.24, 2.45) is 0 Å². The minimum atomic E-state index is -0.445. The molecular formula is C25H22N2O3. The molecule has 1 aromatic heterocycles.